The van der Waals surface area contributed by atoms with Crippen molar-refractivity contribution in [3.8, 4) is 0 Å². The number of rotatable bonds is 1. The Morgan fingerprint density at radius 3 is 2.63 bits per heavy atom. The summed E-state index contributed by atoms with van der Waals surface area (Å²) in [6, 6.07) is 10.1. The summed E-state index contributed by atoms with van der Waals surface area (Å²) >= 11 is 0. The Morgan fingerprint density at radius 2 is 1.89 bits per heavy atom. The van der Waals surface area contributed by atoms with Crippen molar-refractivity contribution in [3.05, 3.63) is 36.5 Å². The predicted molar refractivity (Wildman–Crippen MR) is 73.6 cm³/mol. The van der Waals surface area contributed by atoms with Gasteiger partial charge in [-0.3, -0.25) is 4.98 Å². The van der Waals surface area contributed by atoms with Gasteiger partial charge < -0.3 is 14.9 Å². The molecule has 1 fully saturated rings. The van der Waals surface area contributed by atoms with E-state index in [-0.39, 0.29) is 0 Å². The topological polar surface area (TPSA) is 56.7 Å². The van der Waals surface area contributed by atoms with Gasteiger partial charge in [0.05, 0.1) is 17.4 Å². The number of piperazine rings is 1. The second-order valence-corrected chi connectivity index (χ2v) is 4.64. The van der Waals surface area contributed by atoms with Crippen LogP contribution < -0.4 is 4.90 Å². The van der Waals surface area contributed by atoms with Crippen LogP contribution in [0.25, 0.3) is 10.9 Å². The molecule has 1 aliphatic rings. The summed E-state index contributed by atoms with van der Waals surface area (Å²) in [5, 5.41) is 10.0. The standard InChI is InChI=1S/C14H15N3O2/c18-14(19)17-7-5-16(6-8-17)12-9-11-3-1-2-4-13(11)15-10-12/h1-4,9-10H,5-8H2,(H,18,19). The minimum Gasteiger partial charge on any atom is -0.465 e. The smallest absolute Gasteiger partial charge is 0.407 e. The minimum atomic E-state index is -0.837. The molecule has 2 aromatic rings. The lowest BCUT2D eigenvalue weighted by atomic mass is 10.2. The third-order valence-corrected chi connectivity index (χ3v) is 3.49. The van der Waals surface area contributed by atoms with Gasteiger partial charge in [-0.25, -0.2) is 4.79 Å². The number of carbonyl (C=O) groups is 1. The zero-order valence-corrected chi connectivity index (χ0v) is 10.5. The molecule has 0 radical (unpaired) electrons. The molecular weight excluding hydrogens is 242 g/mol. The van der Waals surface area contributed by atoms with Crippen LogP contribution in [0.3, 0.4) is 0 Å². The summed E-state index contributed by atoms with van der Waals surface area (Å²) in [7, 11) is 0. The van der Waals surface area contributed by atoms with Crippen LogP contribution in [-0.4, -0.2) is 47.3 Å². The van der Waals surface area contributed by atoms with Crippen LogP contribution in [0.1, 0.15) is 0 Å². The lowest BCUT2D eigenvalue weighted by Crippen LogP contribution is -2.48. The van der Waals surface area contributed by atoms with Crippen LogP contribution >= 0.6 is 0 Å². The molecule has 5 heteroatoms. The maximum atomic E-state index is 10.9. The fraction of sp³-hybridized carbons (Fsp3) is 0.286. The van der Waals surface area contributed by atoms with Gasteiger partial charge in [0.1, 0.15) is 0 Å². The molecule has 3 rings (SSSR count). The van der Waals surface area contributed by atoms with Gasteiger partial charge in [0.25, 0.3) is 0 Å². The molecule has 19 heavy (non-hydrogen) atoms. The van der Waals surface area contributed by atoms with Crippen molar-refractivity contribution in [2.45, 2.75) is 0 Å². The maximum absolute atomic E-state index is 10.9. The Labute approximate surface area is 111 Å². The Balaban J connectivity index is 1.80. The zero-order chi connectivity index (χ0) is 13.2. The molecule has 1 saturated heterocycles. The molecule has 0 saturated carbocycles. The molecule has 1 N–H and O–H groups in total. The van der Waals surface area contributed by atoms with Crippen molar-refractivity contribution in [2.24, 2.45) is 0 Å². The van der Waals surface area contributed by atoms with Gasteiger partial charge in [-0.15, -0.1) is 0 Å². The first kappa shape index (κ1) is 11.8. The number of hydrogen-bond donors (Lipinski definition) is 1. The molecule has 0 unspecified atom stereocenters. The van der Waals surface area contributed by atoms with E-state index >= 15 is 0 Å². The molecule has 1 amide bonds. The van der Waals surface area contributed by atoms with E-state index in [9.17, 15) is 4.79 Å². The zero-order valence-electron chi connectivity index (χ0n) is 10.5. The third kappa shape index (κ3) is 2.31. The van der Waals surface area contributed by atoms with Gasteiger partial charge in [0.2, 0.25) is 0 Å². The Morgan fingerprint density at radius 1 is 1.16 bits per heavy atom. The second-order valence-electron chi connectivity index (χ2n) is 4.64. The number of amides is 1. The largest absolute Gasteiger partial charge is 0.465 e. The van der Waals surface area contributed by atoms with Crippen molar-refractivity contribution in [1.29, 1.82) is 0 Å². The highest BCUT2D eigenvalue weighted by Crippen LogP contribution is 2.20. The van der Waals surface area contributed by atoms with Crippen LogP contribution in [-0.2, 0) is 0 Å². The van der Waals surface area contributed by atoms with E-state index in [1.807, 2.05) is 30.5 Å². The van der Waals surface area contributed by atoms with Crippen molar-refractivity contribution < 1.29 is 9.90 Å². The third-order valence-electron chi connectivity index (χ3n) is 3.49. The highest BCUT2D eigenvalue weighted by molar-refractivity contribution is 5.81. The predicted octanol–water partition coefficient (Wildman–Crippen LogP) is 2.03. The Kier molecular flexibility index (Phi) is 2.95. The van der Waals surface area contributed by atoms with Crippen molar-refractivity contribution in [3.63, 3.8) is 0 Å². The molecule has 1 aromatic heterocycles. The van der Waals surface area contributed by atoms with Gasteiger partial charge in [-0.05, 0) is 12.1 Å². The van der Waals surface area contributed by atoms with E-state index in [2.05, 4.69) is 16.0 Å². The first-order valence-electron chi connectivity index (χ1n) is 6.32. The van der Waals surface area contributed by atoms with Crippen LogP contribution in [0.5, 0.6) is 0 Å². The van der Waals surface area contributed by atoms with E-state index in [1.165, 1.54) is 4.90 Å². The molecule has 2 heterocycles. The number of anilines is 1. The second kappa shape index (κ2) is 4.76. The number of para-hydroxylation sites is 1. The highest BCUT2D eigenvalue weighted by Gasteiger charge is 2.20. The summed E-state index contributed by atoms with van der Waals surface area (Å²) < 4.78 is 0. The van der Waals surface area contributed by atoms with E-state index < -0.39 is 6.09 Å². The van der Waals surface area contributed by atoms with Gasteiger partial charge in [0.15, 0.2) is 0 Å². The number of pyridine rings is 1. The number of hydrogen-bond acceptors (Lipinski definition) is 3. The Bertz CT molecular complexity index is 606. The number of benzene rings is 1. The van der Waals surface area contributed by atoms with Gasteiger partial charge in [0, 0.05) is 31.6 Å². The summed E-state index contributed by atoms with van der Waals surface area (Å²) in [6.07, 6.45) is 1.02. The summed E-state index contributed by atoms with van der Waals surface area (Å²) in [4.78, 5) is 18.9. The maximum Gasteiger partial charge on any atom is 0.407 e. The lowest BCUT2D eigenvalue weighted by Gasteiger charge is -2.34. The van der Waals surface area contributed by atoms with Crippen molar-refractivity contribution in [2.75, 3.05) is 31.1 Å². The van der Waals surface area contributed by atoms with Gasteiger partial charge in [-0.2, -0.15) is 0 Å². The number of carboxylic acid groups (broad SMARTS) is 1. The van der Waals surface area contributed by atoms with Crippen LogP contribution in [0.2, 0.25) is 0 Å². The Hall–Kier alpha value is -2.30. The fourth-order valence-electron chi connectivity index (χ4n) is 2.39. The molecule has 0 atom stereocenters. The molecule has 0 spiro atoms. The normalized spacial score (nSPS) is 15.8. The molecular formula is C14H15N3O2. The summed E-state index contributed by atoms with van der Waals surface area (Å²) in [5.41, 5.74) is 2.04. The molecule has 0 aliphatic carbocycles. The lowest BCUT2D eigenvalue weighted by molar-refractivity contribution is 0.142. The van der Waals surface area contributed by atoms with Crippen LogP contribution in [0.15, 0.2) is 36.5 Å². The van der Waals surface area contributed by atoms with Crippen LogP contribution in [0, 0.1) is 0 Å². The van der Waals surface area contributed by atoms with E-state index in [4.69, 9.17) is 5.11 Å². The van der Waals surface area contributed by atoms with Gasteiger partial charge in [-0.1, -0.05) is 18.2 Å². The SMILES string of the molecule is O=C(O)N1CCN(c2cnc3ccccc3c2)CC1. The molecule has 1 aromatic carbocycles. The number of aromatic nitrogens is 1. The fourth-order valence-corrected chi connectivity index (χ4v) is 2.39. The molecule has 1 aliphatic heterocycles. The molecule has 98 valence electrons. The van der Waals surface area contributed by atoms with E-state index in [0.717, 1.165) is 16.6 Å². The average molecular weight is 257 g/mol. The number of nitrogens with zero attached hydrogens (tertiary/aromatic N) is 3. The van der Waals surface area contributed by atoms with Crippen molar-refractivity contribution >= 4 is 22.7 Å². The minimum absolute atomic E-state index is 0.544. The first-order valence-corrected chi connectivity index (χ1v) is 6.32. The quantitative estimate of drug-likeness (QED) is 0.849. The molecule has 0 bridgehead atoms. The monoisotopic (exact) mass is 257 g/mol. The molecule has 5 nitrogen and oxygen atoms in total. The average Bonchev–Trinajstić information content (AvgIpc) is 2.47. The summed E-state index contributed by atoms with van der Waals surface area (Å²) in [5.74, 6) is 0. The highest BCUT2D eigenvalue weighted by atomic mass is 16.4. The van der Waals surface area contributed by atoms with Crippen molar-refractivity contribution in [1.82, 2.24) is 9.88 Å². The number of fused-ring (bicyclic) bond motifs is 1. The van der Waals surface area contributed by atoms with E-state index in [1.54, 1.807) is 0 Å². The summed E-state index contributed by atoms with van der Waals surface area (Å²) in [6.45, 7) is 2.52. The van der Waals surface area contributed by atoms with Crippen LogP contribution in [0.4, 0.5) is 10.5 Å². The van der Waals surface area contributed by atoms with E-state index in [0.29, 0.717) is 26.2 Å². The van der Waals surface area contributed by atoms with Gasteiger partial charge >= 0.3 is 6.09 Å². The first-order chi connectivity index (χ1) is 9.24.